The summed E-state index contributed by atoms with van der Waals surface area (Å²) in [6.45, 7) is 4.14. The Hall–Kier alpha value is -1.50. The second kappa shape index (κ2) is 7.62. The smallest absolute Gasteiger partial charge is 0.171 e. The molecule has 3 rings (SSSR count). The van der Waals surface area contributed by atoms with Crippen LogP contribution in [-0.4, -0.2) is 17.8 Å². The van der Waals surface area contributed by atoms with Crippen LogP contribution in [0.2, 0.25) is 5.02 Å². The minimum Gasteiger partial charge on any atom is -0.497 e. The Labute approximate surface area is 172 Å². The van der Waals surface area contributed by atoms with Gasteiger partial charge in [-0.2, -0.15) is 0 Å². The van der Waals surface area contributed by atoms with Gasteiger partial charge >= 0.3 is 0 Å². The molecule has 138 valence electrons. The largest absolute Gasteiger partial charge is 0.497 e. The highest BCUT2D eigenvalue weighted by Crippen LogP contribution is 2.41. The van der Waals surface area contributed by atoms with Crippen LogP contribution in [0, 0.1) is 0 Å². The molecule has 0 bridgehead atoms. The number of benzene rings is 2. The summed E-state index contributed by atoms with van der Waals surface area (Å²) in [5, 5.41) is 7.73. The van der Waals surface area contributed by atoms with Crippen LogP contribution < -0.4 is 20.1 Å². The van der Waals surface area contributed by atoms with E-state index in [2.05, 4.69) is 40.4 Å². The van der Waals surface area contributed by atoms with Gasteiger partial charge in [-0.25, -0.2) is 0 Å². The molecule has 1 aliphatic heterocycles. The van der Waals surface area contributed by atoms with E-state index < -0.39 is 0 Å². The SMILES string of the molecule is COc1ccc2c(c1)C(NC(=S)Nc1ccc(Br)c(Cl)c1)CC(C)(C)O2. The van der Waals surface area contributed by atoms with Gasteiger partial charge in [0.2, 0.25) is 0 Å². The fourth-order valence-electron chi connectivity index (χ4n) is 2.99. The van der Waals surface area contributed by atoms with Gasteiger partial charge in [-0.3, -0.25) is 0 Å². The van der Waals surface area contributed by atoms with Gasteiger partial charge in [0.15, 0.2) is 5.11 Å². The number of hydrogen-bond acceptors (Lipinski definition) is 3. The molecular weight excluding hydrogens is 436 g/mol. The molecule has 0 aliphatic carbocycles. The van der Waals surface area contributed by atoms with Crippen molar-refractivity contribution in [3.63, 3.8) is 0 Å². The van der Waals surface area contributed by atoms with Crippen molar-refractivity contribution < 1.29 is 9.47 Å². The minimum absolute atomic E-state index is 0.00905. The Bertz CT molecular complexity index is 844. The maximum Gasteiger partial charge on any atom is 0.171 e. The zero-order chi connectivity index (χ0) is 18.9. The van der Waals surface area contributed by atoms with Gasteiger partial charge < -0.3 is 20.1 Å². The normalized spacial score (nSPS) is 17.7. The lowest BCUT2D eigenvalue weighted by molar-refractivity contribution is 0.0695. The van der Waals surface area contributed by atoms with Crippen LogP contribution in [0.5, 0.6) is 11.5 Å². The van der Waals surface area contributed by atoms with Crippen molar-refractivity contribution in [3.05, 3.63) is 51.5 Å². The maximum absolute atomic E-state index is 6.15. The highest BCUT2D eigenvalue weighted by molar-refractivity contribution is 9.10. The molecule has 0 radical (unpaired) electrons. The Morgan fingerprint density at radius 3 is 2.77 bits per heavy atom. The number of ether oxygens (including phenoxy) is 2. The lowest BCUT2D eigenvalue weighted by Crippen LogP contribution is -2.42. The van der Waals surface area contributed by atoms with Gasteiger partial charge in [-0.1, -0.05) is 11.6 Å². The summed E-state index contributed by atoms with van der Waals surface area (Å²) < 4.78 is 12.3. The van der Waals surface area contributed by atoms with Gasteiger partial charge in [0.1, 0.15) is 17.1 Å². The Kier molecular flexibility index (Phi) is 5.65. The lowest BCUT2D eigenvalue weighted by atomic mass is 9.89. The molecule has 26 heavy (non-hydrogen) atoms. The molecular formula is C19H20BrClN2O2S. The molecule has 0 amide bonds. The minimum atomic E-state index is -0.296. The second-order valence-electron chi connectivity index (χ2n) is 6.75. The molecule has 0 saturated heterocycles. The quantitative estimate of drug-likeness (QED) is 0.581. The van der Waals surface area contributed by atoms with Gasteiger partial charge in [0.25, 0.3) is 0 Å². The Morgan fingerprint density at radius 1 is 1.31 bits per heavy atom. The van der Waals surface area contributed by atoms with Gasteiger partial charge in [-0.05, 0) is 78.4 Å². The molecule has 1 unspecified atom stereocenters. The Morgan fingerprint density at radius 2 is 2.08 bits per heavy atom. The first-order valence-corrected chi connectivity index (χ1v) is 9.75. The molecule has 0 saturated carbocycles. The molecule has 1 atom stereocenters. The molecule has 0 fully saturated rings. The summed E-state index contributed by atoms with van der Waals surface area (Å²) in [6, 6.07) is 11.5. The van der Waals surface area contributed by atoms with Gasteiger partial charge in [0.05, 0.1) is 18.2 Å². The van der Waals surface area contributed by atoms with Crippen molar-refractivity contribution in [2.45, 2.75) is 31.9 Å². The number of fused-ring (bicyclic) bond motifs is 1. The predicted octanol–water partition coefficient (Wildman–Crippen LogP) is 5.70. The second-order valence-corrected chi connectivity index (χ2v) is 8.42. The first-order valence-electron chi connectivity index (χ1n) is 8.17. The molecule has 2 N–H and O–H groups in total. The first kappa shape index (κ1) is 19.3. The number of thiocarbonyl (C=S) groups is 1. The van der Waals surface area contributed by atoms with E-state index in [4.69, 9.17) is 33.3 Å². The fourth-order valence-corrected chi connectivity index (χ4v) is 3.68. The van der Waals surface area contributed by atoms with Crippen LogP contribution in [0.3, 0.4) is 0 Å². The monoisotopic (exact) mass is 454 g/mol. The zero-order valence-corrected chi connectivity index (χ0v) is 17.9. The number of methoxy groups -OCH3 is 1. The molecule has 1 heterocycles. The zero-order valence-electron chi connectivity index (χ0n) is 14.7. The summed E-state index contributed by atoms with van der Waals surface area (Å²) in [5.41, 5.74) is 1.56. The Balaban J connectivity index is 1.79. The third-order valence-electron chi connectivity index (χ3n) is 4.16. The van der Waals surface area contributed by atoms with Crippen LogP contribution in [-0.2, 0) is 0 Å². The average molecular weight is 456 g/mol. The van der Waals surface area contributed by atoms with E-state index in [1.54, 1.807) is 7.11 Å². The van der Waals surface area contributed by atoms with E-state index >= 15 is 0 Å². The number of anilines is 1. The van der Waals surface area contributed by atoms with E-state index in [1.807, 2.05) is 36.4 Å². The summed E-state index contributed by atoms with van der Waals surface area (Å²) in [7, 11) is 1.65. The highest BCUT2D eigenvalue weighted by atomic mass is 79.9. The van der Waals surface area contributed by atoms with E-state index in [-0.39, 0.29) is 11.6 Å². The van der Waals surface area contributed by atoms with Crippen molar-refractivity contribution in [2.75, 3.05) is 12.4 Å². The van der Waals surface area contributed by atoms with Crippen molar-refractivity contribution in [1.82, 2.24) is 5.32 Å². The first-order chi connectivity index (χ1) is 12.3. The fraction of sp³-hybridized carbons (Fsp3) is 0.316. The molecule has 2 aromatic carbocycles. The van der Waals surface area contributed by atoms with Crippen molar-refractivity contribution in [3.8, 4) is 11.5 Å². The summed E-state index contributed by atoms with van der Waals surface area (Å²) in [4.78, 5) is 0. The van der Waals surface area contributed by atoms with E-state index in [1.165, 1.54) is 0 Å². The maximum atomic E-state index is 6.15. The topological polar surface area (TPSA) is 42.5 Å². The molecule has 4 nitrogen and oxygen atoms in total. The number of rotatable bonds is 3. The lowest BCUT2D eigenvalue weighted by Gasteiger charge is -2.38. The number of halogens is 2. The number of nitrogens with one attached hydrogen (secondary N) is 2. The third kappa shape index (κ3) is 4.42. The molecule has 0 spiro atoms. The van der Waals surface area contributed by atoms with Crippen LogP contribution >= 0.6 is 39.7 Å². The summed E-state index contributed by atoms with van der Waals surface area (Å²) >= 11 is 15.0. The van der Waals surface area contributed by atoms with Gasteiger partial charge in [0, 0.05) is 22.1 Å². The highest BCUT2D eigenvalue weighted by Gasteiger charge is 2.34. The molecule has 7 heteroatoms. The van der Waals surface area contributed by atoms with Gasteiger partial charge in [-0.15, -0.1) is 0 Å². The standard InChI is InChI=1S/C19H20BrClN2O2S/c1-19(2)10-16(13-9-12(24-3)5-7-17(13)25-19)23-18(26)22-11-4-6-14(20)15(21)8-11/h4-9,16H,10H2,1-3H3,(H2,22,23,26). The van der Waals surface area contributed by atoms with E-state index in [9.17, 15) is 0 Å². The molecule has 0 aromatic heterocycles. The van der Waals surface area contributed by atoms with Crippen LogP contribution in [0.25, 0.3) is 0 Å². The summed E-state index contributed by atoms with van der Waals surface area (Å²) in [6.07, 6.45) is 0.774. The summed E-state index contributed by atoms with van der Waals surface area (Å²) in [5.74, 6) is 1.63. The molecule has 2 aromatic rings. The van der Waals surface area contributed by atoms with Crippen LogP contribution in [0.15, 0.2) is 40.9 Å². The number of hydrogen-bond donors (Lipinski definition) is 2. The van der Waals surface area contributed by atoms with Crippen LogP contribution in [0.1, 0.15) is 31.9 Å². The predicted molar refractivity (Wildman–Crippen MR) is 114 cm³/mol. The van der Waals surface area contributed by atoms with Crippen molar-refractivity contribution in [1.29, 1.82) is 0 Å². The molecule has 1 aliphatic rings. The van der Waals surface area contributed by atoms with Crippen molar-refractivity contribution in [2.24, 2.45) is 0 Å². The average Bonchev–Trinajstić information content (AvgIpc) is 2.57. The van der Waals surface area contributed by atoms with E-state index in [0.29, 0.717) is 10.1 Å². The third-order valence-corrected chi connectivity index (χ3v) is 5.61. The van der Waals surface area contributed by atoms with E-state index in [0.717, 1.165) is 33.6 Å². The van der Waals surface area contributed by atoms with Crippen molar-refractivity contribution >= 4 is 50.5 Å². The van der Waals surface area contributed by atoms with Crippen LogP contribution in [0.4, 0.5) is 5.69 Å².